The molecule has 0 amide bonds. The second-order valence-electron chi connectivity index (χ2n) is 2.61. The number of thiophene rings is 1. The molecule has 0 N–H and O–H groups in total. The fraction of sp³-hybridized carbons (Fsp3) is 0.286. The molecule has 68 valence electrons. The molecule has 0 aliphatic heterocycles. The molecule has 0 unspecified atom stereocenters. The molecular weight excluding hydrogens is 204 g/mol. The van der Waals surface area contributed by atoms with Crippen LogP contribution >= 0.6 is 22.9 Å². The first-order chi connectivity index (χ1) is 6.29. The third-order valence-electron chi connectivity index (χ3n) is 1.72. The molecule has 4 nitrogen and oxygen atoms in total. The summed E-state index contributed by atoms with van der Waals surface area (Å²) in [4.78, 5) is 2.00. The maximum absolute atomic E-state index is 3.90. The summed E-state index contributed by atoms with van der Waals surface area (Å²) < 4.78 is 3.73. The van der Waals surface area contributed by atoms with Gasteiger partial charge in [0.05, 0.1) is 5.00 Å². The Balaban J connectivity index is 2.33. The van der Waals surface area contributed by atoms with E-state index in [1.807, 2.05) is 11.9 Å². The third-order valence-corrected chi connectivity index (χ3v) is 3.48. The van der Waals surface area contributed by atoms with E-state index in [-0.39, 0.29) is 0 Å². The Morgan fingerprint density at radius 2 is 2.31 bits per heavy atom. The van der Waals surface area contributed by atoms with Crippen molar-refractivity contribution in [3.05, 3.63) is 17.0 Å². The zero-order chi connectivity index (χ0) is 9.26. The van der Waals surface area contributed by atoms with Crippen LogP contribution in [0.25, 0.3) is 0 Å². The molecule has 6 heteroatoms. The lowest BCUT2D eigenvalue weighted by Gasteiger charge is -2.12. The Hall–Kier alpha value is -1.01. The van der Waals surface area contributed by atoms with Gasteiger partial charge in [0.25, 0.3) is 0 Å². The predicted octanol–water partition coefficient (Wildman–Crippen LogP) is 2.07. The Morgan fingerprint density at radius 1 is 1.46 bits per heavy atom. The van der Waals surface area contributed by atoms with Crippen LogP contribution in [0.1, 0.15) is 5.56 Å². The first kappa shape index (κ1) is 8.58. The van der Waals surface area contributed by atoms with Crippen LogP contribution in [0.2, 0.25) is 0 Å². The van der Waals surface area contributed by atoms with E-state index >= 15 is 0 Å². The number of hydrogen-bond acceptors (Lipinski definition) is 6. The van der Waals surface area contributed by atoms with Gasteiger partial charge in [-0.2, -0.15) is 0 Å². The molecule has 0 spiro atoms. The Bertz CT molecular complexity index is 381. The number of aromatic nitrogens is 3. The van der Waals surface area contributed by atoms with Crippen molar-refractivity contribution in [2.24, 2.45) is 0 Å². The van der Waals surface area contributed by atoms with Crippen molar-refractivity contribution >= 4 is 33.0 Å². The van der Waals surface area contributed by atoms with Gasteiger partial charge < -0.3 is 4.90 Å². The topological polar surface area (TPSA) is 41.9 Å². The summed E-state index contributed by atoms with van der Waals surface area (Å²) in [6, 6.07) is 2.09. The minimum absolute atomic E-state index is 0.825. The van der Waals surface area contributed by atoms with E-state index in [9.17, 15) is 0 Å². The molecular formula is C7H8N4S2. The molecule has 0 aliphatic carbocycles. The first-order valence-corrected chi connectivity index (χ1v) is 5.37. The molecule has 0 saturated heterocycles. The van der Waals surface area contributed by atoms with Gasteiger partial charge in [-0.1, -0.05) is 9.59 Å². The summed E-state index contributed by atoms with van der Waals surface area (Å²) in [6.45, 7) is 2.08. The van der Waals surface area contributed by atoms with Crippen molar-refractivity contribution in [2.75, 3.05) is 11.9 Å². The van der Waals surface area contributed by atoms with E-state index < -0.39 is 0 Å². The fourth-order valence-electron chi connectivity index (χ4n) is 1.05. The lowest BCUT2D eigenvalue weighted by molar-refractivity contribution is 0.945. The summed E-state index contributed by atoms with van der Waals surface area (Å²) in [6.07, 6.45) is 0. The van der Waals surface area contributed by atoms with Gasteiger partial charge in [0.2, 0.25) is 5.13 Å². The zero-order valence-electron chi connectivity index (χ0n) is 7.26. The van der Waals surface area contributed by atoms with Gasteiger partial charge in [0, 0.05) is 18.6 Å². The maximum atomic E-state index is 3.90. The normalized spacial score (nSPS) is 10.3. The smallest absolute Gasteiger partial charge is 0.232 e. The van der Waals surface area contributed by atoms with Gasteiger partial charge in [-0.3, -0.25) is 0 Å². The van der Waals surface area contributed by atoms with E-state index in [1.54, 1.807) is 11.3 Å². The van der Waals surface area contributed by atoms with Crippen LogP contribution in [-0.4, -0.2) is 21.8 Å². The Labute approximate surface area is 84.0 Å². The highest BCUT2D eigenvalue weighted by Gasteiger charge is 2.10. The molecule has 0 aliphatic rings. The van der Waals surface area contributed by atoms with Crippen LogP contribution in [0.4, 0.5) is 10.1 Å². The van der Waals surface area contributed by atoms with Crippen molar-refractivity contribution in [1.29, 1.82) is 0 Å². The van der Waals surface area contributed by atoms with Gasteiger partial charge in [0.1, 0.15) is 0 Å². The number of hydrogen-bond donors (Lipinski definition) is 0. The van der Waals surface area contributed by atoms with Crippen LogP contribution in [-0.2, 0) is 0 Å². The van der Waals surface area contributed by atoms with Gasteiger partial charge in [-0.15, -0.1) is 11.3 Å². The second kappa shape index (κ2) is 3.39. The molecule has 2 aromatic rings. The second-order valence-corrected chi connectivity index (χ2v) is 4.22. The summed E-state index contributed by atoms with van der Waals surface area (Å²) in [5.74, 6) is 0. The molecule has 0 aromatic carbocycles. The van der Waals surface area contributed by atoms with Gasteiger partial charge in [-0.25, -0.2) is 0 Å². The first-order valence-electron chi connectivity index (χ1n) is 3.72. The monoisotopic (exact) mass is 212 g/mol. The number of nitrogens with zero attached hydrogens (tertiary/aromatic N) is 4. The average Bonchev–Trinajstić information content (AvgIpc) is 2.72. The fourth-order valence-corrected chi connectivity index (χ4v) is 2.44. The van der Waals surface area contributed by atoms with Crippen LogP contribution in [0.5, 0.6) is 0 Å². The molecule has 0 bridgehead atoms. The van der Waals surface area contributed by atoms with Crippen molar-refractivity contribution in [3.63, 3.8) is 0 Å². The van der Waals surface area contributed by atoms with Gasteiger partial charge in [-0.05, 0) is 29.1 Å². The van der Waals surface area contributed by atoms with E-state index in [1.165, 1.54) is 22.1 Å². The van der Waals surface area contributed by atoms with E-state index in [4.69, 9.17) is 0 Å². The third kappa shape index (κ3) is 1.54. The molecule has 0 atom stereocenters. The molecule has 0 fully saturated rings. The van der Waals surface area contributed by atoms with Crippen LogP contribution < -0.4 is 4.90 Å². The van der Waals surface area contributed by atoms with Gasteiger partial charge >= 0.3 is 0 Å². The summed E-state index contributed by atoms with van der Waals surface area (Å²) in [7, 11) is 1.97. The van der Waals surface area contributed by atoms with Crippen molar-refractivity contribution in [1.82, 2.24) is 14.8 Å². The van der Waals surface area contributed by atoms with Gasteiger partial charge in [0.15, 0.2) is 0 Å². The lowest BCUT2D eigenvalue weighted by Crippen LogP contribution is -2.08. The van der Waals surface area contributed by atoms with Crippen LogP contribution in [0.3, 0.4) is 0 Å². The standard InChI is InChI=1S/C7H8N4S2/c1-5-3-4-12-6(5)11(2)7-8-9-10-13-7/h3-4H,1-2H3. The highest BCUT2D eigenvalue weighted by atomic mass is 32.1. The average molecular weight is 212 g/mol. The van der Waals surface area contributed by atoms with E-state index in [2.05, 4.69) is 33.2 Å². The van der Waals surface area contributed by atoms with Crippen molar-refractivity contribution in [2.45, 2.75) is 6.92 Å². The molecule has 13 heavy (non-hydrogen) atoms. The van der Waals surface area contributed by atoms with Crippen molar-refractivity contribution < 1.29 is 0 Å². The highest BCUT2D eigenvalue weighted by Crippen LogP contribution is 2.31. The Morgan fingerprint density at radius 3 is 2.85 bits per heavy atom. The Kier molecular flexibility index (Phi) is 2.24. The van der Waals surface area contributed by atoms with E-state index in [0.29, 0.717) is 0 Å². The maximum Gasteiger partial charge on any atom is 0.232 e. The zero-order valence-corrected chi connectivity index (χ0v) is 8.89. The number of rotatable bonds is 2. The SMILES string of the molecule is Cc1ccsc1N(C)c1nnns1. The number of anilines is 2. The molecule has 2 heterocycles. The molecule has 0 saturated carbocycles. The number of aryl methyl sites for hydroxylation is 1. The van der Waals surface area contributed by atoms with Crippen LogP contribution in [0.15, 0.2) is 11.4 Å². The van der Waals surface area contributed by atoms with Crippen molar-refractivity contribution in [3.8, 4) is 0 Å². The summed E-state index contributed by atoms with van der Waals surface area (Å²) in [5.41, 5.74) is 1.25. The quantitative estimate of drug-likeness (QED) is 0.764. The van der Waals surface area contributed by atoms with E-state index in [0.717, 1.165) is 5.13 Å². The lowest BCUT2D eigenvalue weighted by atomic mass is 10.3. The highest BCUT2D eigenvalue weighted by molar-refractivity contribution is 7.15. The molecule has 2 aromatic heterocycles. The summed E-state index contributed by atoms with van der Waals surface area (Å²) in [5, 5.41) is 11.6. The summed E-state index contributed by atoms with van der Waals surface area (Å²) >= 11 is 2.99. The molecule has 2 rings (SSSR count). The minimum Gasteiger partial charge on any atom is -0.310 e. The van der Waals surface area contributed by atoms with Crippen LogP contribution in [0, 0.1) is 6.92 Å². The predicted molar refractivity (Wildman–Crippen MR) is 54.8 cm³/mol. The molecule has 0 radical (unpaired) electrons. The minimum atomic E-state index is 0.825. The largest absolute Gasteiger partial charge is 0.310 e.